The molecule has 0 aromatic rings. The van der Waals surface area contributed by atoms with E-state index in [0.717, 1.165) is 84.2 Å². The van der Waals surface area contributed by atoms with Gasteiger partial charge in [-0.3, -0.25) is 14.7 Å². The van der Waals surface area contributed by atoms with Gasteiger partial charge in [0.05, 0.1) is 6.54 Å². The molecule has 2 rings (SSSR count). The average molecular weight is 367 g/mol. The lowest BCUT2D eigenvalue weighted by molar-refractivity contribution is -0.131. The zero-order valence-electron chi connectivity index (χ0n) is 17.0. The largest absolute Gasteiger partial charge is 0.355 e. The standard InChI is InChI=1S/C19H38N6O/c1-4-9-22(5-2)12-8-21-19(20-3)25-15-13-23(14-16-25)17-18(26)24-10-6-7-11-24/h4-17H2,1-3H3,(H,20,21). The van der Waals surface area contributed by atoms with E-state index >= 15 is 0 Å². The second-order valence-electron chi connectivity index (χ2n) is 7.26. The number of likely N-dealkylation sites (N-methyl/N-ethyl adjacent to an activating group) is 1. The molecule has 0 saturated carbocycles. The quantitative estimate of drug-likeness (QED) is 0.502. The summed E-state index contributed by atoms with van der Waals surface area (Å²) in [6, 6.07) is 0. The number of nitrogens with one attached hydrogen (secondary N) is 1. The monoisotopic (exact) mass is 366 g/mol. The van der Waals surface area contributed by atoms with Gasteiger partial charge in [-0.15, -0.1) is 0 Å². The van der Waals surface area contributed by atoms with Crippen LogP contribution < -0.4 is 5.32 Å². The number of aliphatic imine (C=N–C) groups is 1. The number of amides is 1. The number of piperazine rings is 1. The lowest BCUT2D eigenvalue weighted by Crippen LogP contribution is -2.54. The maximum atomic E-state index is 12.3. The molecule has 0 radical (unpaired) electrons. The Kier molecular flexibility index (Phi) is 9.18. The van der Waals surface area contributed by atoms with Crippen LogP contribution >= 0.6 is 0 Å². The number of nitrogens with zero attached hydrogens (tertiary/aromatic N) is 5. The van der Waals surface area contributed by atoms with Crippen molar-refractivity contribution in [2.24, 2.45) is 4.99 Å². The second kappa shape index (κ2) is 11.4. The molecule has 1 amide bonds. The van der Waals surface area contributed by atoms with Crippen LogP contribution in [0.2, 0.25) is 0 Å². The van der Waals surface area contributed by atoms with Crippen molar-refractivity contribution < 1.29 is 4.79 Å². The van der Waals surface area contributed by atoms with E-state index in [1.165, 1.54) is 6.42 Å². The van der Waals surface area contributed by atoms with E-state index in [1.807, 2.05) is 11.9 Å². The Hall–Kier alpha value is -1.34. The van der Waals surface area contributed by atoms with Gasteiger partial charge in [-0.2, -0.15) is 0 Å². The normalized spacial score (nSPS) is 19.5. The number of guanidine groups is 1. The number of hydrogen-bond acceptors (Lipinski definition) is 4. The van der Waals surface area contributed by atoms with E-state index < -0.39 is 0 Å². The zero-order valence-corrected chi connectivity index (χ0v) is 17.0. The van der Waals surface area contributed by atoms with Crippen LogP contribution in [0.5, 0.6) is 0 Å². The summed E-state index contributed by atoms with van der Waals surface area (Å²) in [6.07, 6.45) is 3.52. The lowest BCUT2D eigenvalue weighted by Gasteiger charge is -2.36. The third kappa shape index (κ3) is 6.43. The van der Waals surface area contributed by atoms with Gasteiger partial charge >= 0.3 is 0 Å². The number of rotatable bonds is 8. The van der Waals surface area contributed by atoms with Crippen LogP contribution in [0.25, 0.3) is 0 Å². The van der Waals surface area contributed by atoms with Crippen LogP contribution in [0.3, 0.4) is 0 Å². The van der Waals surface area contributed by atoms with E-state index in [0.29, 0.717) is 12.5 Å². The highest BCUT2D eigenvalue weighted by molar-refractivity contribution is 5.80. The molecule has 1 N–H and O–H groups in total. The smallest absolute Gasteiger partial charge is 0.236 e. The fraction of sp³-hybridized carbons (Fsp3) is 0.895. The second-order valence-corrected chi connectivity index (χ2v) is 7.26. The highest BCUT2D eigenvalue weighted by Crippen LogP contribution is 2.09. The maximum absolute atomic E-state index is 12.3. The van der Waals surface area contributed by atoms with Gasteiger partial charge in [0.1, 0.15) is 0 Å². The Balaban J connectivity index is 1.68. The predicted molar refractivity (Wildman–Crippen MR) is 108 cm³/mol. The molecule has 2 heterocycles. The number of carbonyl (C=O) groups is 1. The van der Waals surface area contributed by atoms with E-state index in [2.05, 4.69) is 38.9 Å². The van der Waals surface area contributed by atoms with Crippen molar-refractivity contribution in [2.75, 3.05) is 79.0 Å². The molecule has 0 aliphatic carbocycles. The summed E-state index contributed by atoms with van der Waals surface area (Å²) in [5.74, 6) is 1.29. The summed E-state index contributed by atoms with van der Waals surface area (Å²) in [7, 11) is 1.86. The molecule has 7 nitrogen and oxygen atoms in total. The van der Waals surface area contributed by atoms with Gasteiger partial charge in [0.15, 0.2) is 5.96 Å². The molecule has 0 spiro atoms. The van der Waals surface area contributed by atoms with Crippen molar-refractivity contribution in [1.82, 2.24) is 24.9 Å². The van der Waals surface area contributed by atoms with Gasteiger partial charge < -0.3 is 20.0 Å². The van der Waals surface area contributed by atoms with Crippen LogP contribution in [-0.2, 0) is 4.79 Å². The molecular formula is C19H38N6O. The Bertz CT molecular complexity index is 441. The molecule has 0 aromatic heterocycles. The Morgan fingerprint density at radius 2 is 1.69 bits per heavy atom. The van der Waals surface area contributed by atoms with Crippen molar-refractivity contribution >= 4 is 11.9 Å². The predicted octanol–water partition coefficient (Wildman–Crippen LogP) is 0.534. The molecule has 0 unspecified atom stereocenters. The Labute approximate surface area is 159 Å². The van der Waals surface area contributed by atoms with E-state index in [9.17, 15) is 4.79 Å². The van der Waals surface area contributed by atoms with E-state index in [1.54, 1.807) is 0 Å². The van der Waals surface area contributed by atoms with Crippen molar-refractivity contribution in [1.29, 1.82) is 0 Å². The van der Waals surface area contributed by atoms with Crippen LogP contribution in [0.1, 0.15) is 33.1 Å². The minimum atomic E-state index is 0.300. The molecule has 150 valence electrons. The van der Waals surface area contributed by atoms with Crippen LogP contribution in [0, 0.1) is 0 Å². The first-order valence-corrected chi connectivity index (χ1v) is 10.4. The fourth-order valence-corrected chi connectivity index (χ4v) is 3.78. The SMILES string of the molecule is CCCN(CC)CCNC(=NC)N1CCN(CC(=O)N2CCCC2)CC1. The highest BCUT2D eigenvalue weighted by Gasteiger charge is 2.24. The Morgan fingerprint density at radius 3 is 2.27 bits per heavy atom. The van der Waals surface area contributed by atoms with Crippen LogP contribution in [0.15, 0.2) is 4.99 Å². The summed E-state index contributed by atoms with van der Waals surface area (Å²) in [5, 5.41) is 3.50. The van der Waals surface area contributed by atoms with Crippen LogP contribution in [-0.4, -0.2) is 111 Å². The van der Waals surface area contributed by atoms with Crippen molar-refractivity contribution in [2.45, 2.75) is 33.1 Å². The van der Waals surface area contributed by atoms with Gasteiger partial charge in [-0.1, -0.05) is 13.8 Å². The molecule has 0 atom stereocenters. The molecule has 2 aliphatic rings. The molecule has 2 fully saturated rings. The van der Waals surface area contributed by atoms with Crippen molar-refractivity contribution in [3.05, 3.63) is 0 Å². The molecule has 0 bridgehead atoms. The zero-order chi connectivity index (χ0) is 18.8. The summed E-state index contributed by atoms with van der Waals surface area (Å²) in [5.41, 5.74) is 0. The molecule has 2 saturated heterocycles. The molecule has 2 aliphatic heterocycles. The number of hydrogen-bond donors (Lipinski definition) is 1. The summed E-state index contributed by atoms with van der Waals surface area (Å²) >= 11 is 0. The van der Waals surface area contributed by atoms with E-state index in [4.69, 9.17) is 0 Å². The molecular weight excluding hydrogens is 328 g/mol. The molecule has 7 heteroatoms. The van der Waals surface area contributed by atoms with Gasteiger partial charge in [-0.05, 0) is 32.4 Å². The molecule has 26 heavy (non-hydrogen) atoms. The first-order valence-electron chi connectivity index (χ1n) is 10.4. The first-order chi connectivity index (χ1) is 12.7. The maximum Gasteiger partial charge on any atom is 0.236 e. The molecule has 0 aromatic carbocycles. The highest BCUT2D eigenvalue weighted by atomic mass is 16.2. The fourth-order valence-electron chi connectivity index (χ4n) is 3.78. The van der Waals surface area contributed by atoms with Gasteiger partial charge in [0, 0.05) is 59.4 Å². The van der Waals surface area contributed by atoms with Crippen LogP contribution in [0.4, 0.5) is 0 Å². The van der Waals surface area contributed by atoms with E-state index in [-0.39, 0.29) is 0 Å². The summed E-state index contributed by atoms with van der Waals surface area (Å²) < 4.78 is 0. The summed E-state index contributed by atoms with van der Waals surface area (Å²) in [6.45, 7) is 14.8. The number of likely N-dealkylation sites (tertiary alicyclic amines) is 1. The lowest BCUT2D eigenvalue weighted by atomic mass is 10.3. The minimum Gasteiger partial charge on any atom is -0.355 e. The van der Waals surface area contributed by atoms with Crippen molar-refractivity contribution in [3.63, 3.8) is 0 Å². The summed E-state index contributed by atoms with van der Waals surface area (Å²) in [4.78, 5) is 25.8. The van der Waals surface area contributed by atoms with Crippen molar-refractivity contribution in [3.8, 4) is 0 Å². The van der Waals surface area contributed by atoms with Gasteiger partial charge in [0.25, 0.3) is 0 Å². The third-order valence-corrected chi connectivity index (χ3v) is 5.40. The Morgan fingerprint density at radius 1 is 1.00 bits per heavy atom. The minimum absolute atomic E-state index is 0.300. The average Bonchev–Trinajstić information content (AvgIpc) is 3.20. The number of carbonyl (C=O) groups excluding carboxylic acids is 1. The van der Waals surface area contributed by atoms with Gasteiger partial charge in [0.2, 0.25) is 5.91 Å². The third-order valence-electron chi connectivity index (χ3n) is 5.40. The topological polar surface area (TPSA) is 54.4 Å². The van der Waals surface area contributed by atoms with Gasteiger partial charge in [-0.25, -0.2) is 0 Å². The first kappa shape index (κ1) is 21.0.